The van der Waals surface area contributed by atoms with Gasteiger partial charge in [-0.15, -0.1) is 0 Å². The first-order chi connectivity index (χ1) is 9.38. The second-order valence-electron chi connectivity index (χ2n) is 4.86. The molecule has 0 saturated carbocycles. The Hall–Kier alpha value is -2.21. The quantitative estimate of drug-likeness (QED) is 0.816. The van der Waals surface area contributed by atoms with Gasteiger partial charge in [-0.1, -0.05) is 30.3 Å². The van der Waals surface area contributed by atoms with Crippen LogP contribution in [-0.4, -0.2) is 13.1 Å². The molecular formula is C16H16N2O. The number of hydrogen-bond donors (Lipinski definition) is 0. The van der Waals surface area contributed by atoms with Gasteiger partial charge in [0.1, 0.15) is 17.4 Å². The summed E-state index contributed by atoms with van der Waals surface area (Å²) < 4.78 is 5.93. The Labute approximate surface area is 113 Å². The molecule has 2 heterocycles. The van der Waals surface area contributed by atoms with Crippen molar-refractivity contribution in [3.8, 4) is 17.4 Å². The molecule has 19 heavy (non-hydrogen) atoms. The minimum atomic E-state index is 0.640. The van der Waals surface area contributed by atoms with Gasteiger partial charge < -0.3 is 9.32 Å². The van der Waals surface area contributed by atoms with Gasteiger partial charge in [-0.2, -0.15) is 5.26 Å². The number of piperidine rings is 1. The Balaban J connectivity index is 1.97. The van der Waals surface area contributed by atoms with Gasteiger partial charge in [0, 0.05) is 24.7 Å². The van der Waals surface area contributed by atoms with Gasteiger partial charge >= 0.3 is 0 Å². The molecule has 1 aromatic carbocycles. The smallest absolute Gasteiger partial charge is 0.214 e. The summed E-state index contributed by atoms with van der Waals surface area (Å²) in [6.45, 7) is 1.97. The summed E-state index contributed by atoms with van der Waals surface area (Å²) in [5, 5.41) is 9.27. The molecule has 1 aromatic heterocycles. The number of rotatable bonds is 2. The molecule has 0 amide bonds. The van der Waals surface area contributed by atoms with E-state index in [0.29, 0.717) is 5.56 Å². The fourth-order valence-corrected chi connectivity index (χ4v) is 2.54. The van der Waals surface area contributed by atoms with E-state index in [2.05, 4.69) is 11.0 Å². The van der Waals surface area contributed by atoms with Crippen LogP contribution in [0.1, 0.15) is 24.8 Å². The molecule has 0 spiro atoms. The molecule has 96 valence electrons. The molecule has 0 atom stereocenters. The zero-order valence-corrected chi connectivity index (χ0v) is 10.8. The normalized spacial score (nSPS) is 15.2. The van der Waals surface area contributed by atoms with Crippen molar-refractivity contribution in [1.29, 1.82) is 5.26 Å². The number of anilines is 1. The maximum atomic E-state index is 9.27. The summed E-state index contributed by atoms with van der Waals surface area (Å²) >= 11 is 0. The van der Waals surface area contributed by atoms with Crippen LogP contribution < -0.4 is 4.90 Å². The van der Waals surface area contributed by atoms with Crippen molar-refractivity contribution in [3.63, 3.8) is 0 Å². The van der Waals surface area contributed by atoms with Gasteiger partial charge in [0.15, 0.2) is 0 Å². The summed E-state index contributed by atoms with van der Waals surface area (Å²) in [6.07, 6.45) is 3.61. The van der Waals surface area contributed by atoms with Crippen LogP contribution in [0.15, 0.2) is 40.8 Å². The van der Waals surface area contributed by atoms with E-state index in [4.69, 9.17) is 4.42 Å². The van der Waals surface area contributed by atoms with Gasteiger partial charge in [-0.25, -0.2) is 0 Å². The molecular weight excluding hydrogens is 236 g/mol. The standard InChI is InChI=1S/C16H16N2O/c17-12-14-11-15(13-7-3-1-4-8-13)19-16(14)18-9-5-2-6-10-18/h1,3-4,7-8,11H,2,5-6,9-10H2. The molecule has 3 nitrogen and oxygen atoms in total. The summed E-state index contributed by atoms with van der Waals surface area (Å²) in [5.74, 6) is 1.51. The average molecular weight is 252 g/mol. The van der Waals surface area contributed by atoms with E-state index in [1.54, 1.807) is 0 Å². The predicted molar refractivity (Wildman–Crippen MR) is 74.9 cm³/mol. The van der Waals surface area contributed by atoms with Gasteiger partial charge in [0.2, 0.25) is 5.88 Å². The molecule has 0 bridgehead atoms. The zero-order valence-electron chi connectivity index (χ0n) is 10.8. The highest BCUT2D eigenvalue weighted by molar-refractivity contribution is 5.65. The lowest BCUT2D eigenvalue weighted by Crippen LogP contribution is -2.29. The third-order valence-electron chi connectivity index (χ3n) is 3.53. The van der Waals surface area contributed by atoms with Crippen LogP contribution in [0.2, 0.25) is 0 Å². The van der Waals surface area contributed by atoms with Crippen molar-refractivity contribution in [2.24, 2.45) is 0 Å². The SMILES string of the molecule is N#Cc1cc(-c2ccccc2)oc1N1CCCCC1. The van der Waals surface area contributed by atoms with Gasteiger partial charge in [-0.3, -0.25) is 0 Å². The molecule has 2 aromatic rings. The lowest BCUT2D eigenvalue weighted by Gasteiger charge is -2.26. The Morgan fingerprint density at radius 3 is 2.47 bits per heavy atom. The predicted octanol–water partition coefficient (Wildman–Crippen LogP) is 3.81. The van der Waals surface area contributed by atoms with Crippen molar-refractivity contribution in [3.05, 3.63) is 42.0 Å². The van der Waals surface area contributed by atoms with Crippen molar-refractivity contribution >= 4 is 5.88 Å². The lowest BCUT2D eigenvalue weighted by molar-refractivity contribution is 0.506. The van der Waals surface area contributed by atoms with Crippen molar-refractivity contribution in [2.45, 2.75) is 19.3 Å². The van der Waals surface area contributed by atoms with Crippen molar-refractivity contribution < 1.29 is 4.42 Å². The Bertz CT molecular complexity index is 589. The first-order valence-corrected chi connectivity index (χ1v) is 6.73. The van der Waals surface area contributed by atoms with Crippen LogP contribution in [0.4, 0.5) is 5.88 Å². The van der Waals surface area contributed by atoms with E-state index < -0.39 is 0 Å². The molecule has 0 unspecified atom stereocenters. The highest BCUT2D eigenvalue weighted by Crippen LogP contribution is 2.32. The van der Waals surface area contributed by atoms with Gasteiger partial charge in [0.25, 0.3) is 0 Å². The topological polar surface area (TPSA) is 40.2 Å². The van der Waals surface area contributed by atoms with E-state index >= 15 is 0 Å². The van der Waals surface area contributed by atoms with Crippen LogP contribution in [0.3, 0.4) is 0 Å². The number of furan rings is 1. The maximum absolute atomic E-state index is 9.27. The maximum Gasteiger partial charge on any atom is 0.214 e. The second kappa shape index (κ2) is 5.19. The molecule has 3 rings (SSSR count). The number of nitrogens with zero attached hydrogens (tertiary/aromatic N) is 2. The highest BCUT2D eigenvalue weighted by Gasteiger charge is 2.20. The minimum Gasteiger partial charge on any atom is -0.439 e. The average Bonchev–Trinajstić information content (AvgIpc) is 2.93. The monoisotopic (exact) mass is 252 g/mol. The number of hydrogen-bond acceptors (Lipinski definition) is 3. The van der Waals surface area contributed by atoms with Crippen molar-refractivity contribution in [1.82, 2.24) is 0 Å². The van der Waals surface area contributed by atoms with E-state index in [-0.39, 0.29) is 0 Å². The molecule has 3 heteroatoms. The first-order valence-electron chi connectivity index (χ1n) is 6.73. The lowest BCUT2D eigenvalue weighted by atomic mass is 10.1. The van der Waals surface area contributed by atoms with E-state index in [0.717, 1.165) is 30.3 Å². The summed E-state index contributed by atoms with van der Waals surface area (Å²) in [5.41, 5.74) is 1.66. The Morgan fingerprint density at radius 2 is 1.79 bits per heavy atom. The summed E-state index contributed by atoms with van der Waals surface area (Å²) in [7, 11) is 0. The van der Waals surface area contributed by atoms with Crippen LogP contribution in [0.5, 0.6) is 0 Å². The van der Waals surface area contributed by atoms with Crippen molar-refractivity contribution in [2.75, 3.05) is 18.0 Å². The second-order valence-corrected chi connectivity index (χ2v) is 4.86. The molecule has 1 aliphatic heterocycles. The van der Waals surface area contributed by atoms with Crippen LogP contribution >= 0.6 is 0 Å². The third kappa shape index (κ3) is 2.34. The molecule has 1 fully saturated rings. The Morgan fingerprint density at radius 1 is 1.05 bits per heavy atom. The fourth-order valence-electron chi connectivity index (χ4n) is 2.54. The minimum absolute atomic E-state index is 0.640. The molecule has 0 aliphatic carbocycles. The zero-order chi connectivity index (χ0) is 13.1. The molecule has 1 saturated heterocycles. The molecule has 0 radical (unpaired) electrons. The van der Waals surface area contributed by atoms with E-state index in [9.17, 15) is 5.26 Å². The van der Waals surface area contributed by atoms with Gasteiger partial charge in [0.05, 0.1) is 0 Å². The Kier molecular flexibility index (Phi) is 3.24. The molecule has 1 aliphatic rings. The van der Waals surface area contributed by atoms with Crippen LogP contribution in [0.25, 0.3) is 11.3 Å². The molecule has 0 N–H and O–H groups in total. The summed E-state index contributed by atoms with van der Waals surface area (Å²) in [6, 6.07) is 14.0. The first kappa shape index (κ1) is 11.9. The number of benzene rings is 1. The number of nitriles is 1. The van der Waals surface area contributed by atoms with Crippen LogP contribution in [0, 0.1) is 11.3 Å². The van der Waals surface area contributed by atoms with Crippen LogP contribution in [-0.2, 0) is 0 Å². The van der Waals surface area contributed by atoms with E-state index in [1.165, 1.54) is 19.3 Å². The van der Waals surface area contributed by atoms with Gasteiger partial charge in [-0.05, 0) is 19.3 Å². The third-order valence-corrected chi connectivity index (χ3v) is 3.53. The highest BCUT2D eigenvalue weighted by atomic mass is 16.4. The van der Waals surface area contributed by atoms with E-state index in [1.807, 2.05) is 36.4 Å². The largest absolute Gasteiger partial charge is 0.439 e. The summed E-state index contributed by atoms with van der Waals surface area (Å²) in [4.78, 5) is 2.19. The fraction of sp³-hybridized carbons (Fsp3) is 0.312.